The zero-order valence-electron chi connectivity index (χ0n) is 15.6. The summed E-state index contributed by atoms with van der Waals surface area (Å²) in [5.41, 5.74) is 0.684. The Balaban J connectivity index is 1.48. The van der Waals surface area contributed by atoms with Gasteiger partial charge in [0.1, 0.15) is 6.10 Å². The summed E-state index contributed by atoms with van der Waals surface area (Å²) in [7, 11) is 1.77. The van der Waals surface area contributed by atoms with Crippen LogP contribution < -0.4 is 4.74 Å². The van der Waals surface area contributed by atoms with E-state index in [9.17, 15) is 4.79 Å². The zero-order valence-corrected chi connectivity index (χ0v) is 15.6. The molecule has 0 N–H and O–H groups in total. The van der Waals surface area contributed by atoms with Gasteiger partial charge in [-0.3, -0.25) is 9.78 Å². The molecule has 4 rings (SSSR count). The zero-order chi connectivity index (χ0) is 18.7. The predicted octanol–water partition coefficient (Wildman–Crippen LogP) is 2.64. The molecular weight excluding hydrogens is 342 g/mol. The number of rotatable bonds is 5. The second kappa shape index (κ2) is 7.64. The highest BCUT2D eigenvalue weighted by atomic mass is 16.5. The van der Waals surface area contributed by atoms with Gasteiger partial charge in [-0.25, -0.2) is 4.98 Å². The Kier molecular flexibility index (Phi) is 5.07. The standard InChI is InChI=1S/C21H25N3O3/c1-26-21-8-7-17(27-19-6-2-3-11-23-19)14-18(21)24(12-9-21)20(25)13-16-5-4-10-22-15-16/h2-6,10-11,15,17-18H,7-9,12-14H2,1H3/t17-,18-,21+/m0/s1. The largest absolute Gasteiger partial charge is 0.474 e. The van der Waals surface area contributed by atoms with E-state index in [4.69, 9.17) is 9.47 Å². The molecule has 2 fully saturated rings. The van der Waals surface area contributed by atoms with Gasteiger partial charge in [-0.1, -0.05) is 12.1 Å². The molecule has 1 aliphatic heterocycles. The number of ether oxygens (including phenoxy) is 2. The number of hydrogen-bond donors (Lipinski definition) is 0. The number of amides is 1. The van der Waals surface area contributed by atoms with Gasteiger partial charge in [-0.05, 0) is 37.0 Å². The number of pyridine rings is 2. The topological polar surface area (TPSA) is 64.6 Å². The first-order valence-electron chi connectivity index (χ1n) is 9.51. The molecule has 142 valence electrons. The second-order valence-corrected chi connectivity index (χ2v) is 7.34. The summed E-state index contributed by atoms with van der Waals surface area (Å²) in [5, 5.41) is 0. The molecule has 1 amide bonds. The highest BCUT2D eigenvalue weighted by molar-refractivity contribution is 5.79. The van der Waals surface area contributed by atoms with Crippen molar-refractivity contribution in [3.63, 3.8) is 0 Å². The summed E-state index contributed by atoms with van der Waals surface area (Å²) in [4.78, 5) is 23.3. The van der Waals surface area contributed by atoms with Crippen LogP contribution in [0.2, 0.25) is 0 Å². The summed E-state index contributed by atoms with van der Waals surface area (Å²) in [5.74, 6) is 0.768. The molecule has 2 aromatic heterocycles. The molecule has 0 bridgehead atoms. The molecular formula is C21H25N3O3. The van der Waals surface area contributed by atoms with Gasteiger partial charge in [0.2, 0.25) is 11.8 Å². The van der Waals surface area contributed by atoms with E-state index in [1.165, 1.54) is 0 Å². The Morgan fingerprint density at radius 1 is 1.26 bits per heavy atom. The van der Waals surface area contributed by atoms with E-state index in [-0.39, 0.29) is 23.7 Å². The molecule has 2 aromatic rings. The number of likely N-dealkylation sites (tertiary alicyclic amines) is 1. The Morgan fingerprint density at radius 3 is 2.93 bits per heavy atom. The normalized spacial score (nSPS) is 27.2. The highest BCUT2D eigenvalue weighted by Gasteiger charge is 2.52. The fourth-order valence-electron chi connectivity index (χ4n) is 4.43. The molecule has 27 heavy (non-hydrogen) atoms. The van der Waals surface area contributed by atoms with Gasteiger partial charge in [-0.2, -0.15) is 0 Å². The third-order valence-corrected chi connectivity index (χ3v) is 5.87. The van der Waals surface area contributed by atoms with Gasteiger partial charge < -0.3 is 14.4 Å². The Hall–Kier alpha value is -2.47. The number of fused-ring (bicyclic) bond motifs is 1. The molecule has 1 saturated carbocycles. The van der Waals surface area contributed by atoms with Crippen LogP contribution in [0.5, 0.6) is 5.88 Å². The molecule has 2 aliphatic rings. The molecule has 0 unspecified atom stereocenters. The van der Waals surface area contributed by atoms with Gasteiger partial charge in [0, 0.05) is 44.7 Å². The van der Waals surface area contributed by atoms with E-state index < -0.39 is 0 Å². The fraction of sp³-hybridized carbons (Fsp3) is 0.476. The van der Waals surface area contributed by atoms with Crippen LogP contribution >= 0.6 is 0 Å². The quantitative estimate of drug-likeness (QED) is 0.813. The minimum atomic E-state index is -0.255. The van der Waals surface area contributed by atoms with Crippen molar-refractivity contribution < 1.29 is 14.3 Å². The fourth-order valence-corrected chi connectivity index (χ4v) is 4.43. The third-order valence-electron chi connectivity index (χ3n) is 5.87. The van der Waals surface area contributed by atoms with Crippen LogP contribution in [0.4, 0.5) is 0 Å². The van der Waals surface area contributed by atoms with E-state index in [2.05, 4.69) is 9.97 Å². The smallest absolute Gasteiger partial charge is 0.227 e. The van der Waals surface area contributed by atoms with Gasteiger partial charge in [0.05, 0.1) is 18.1 Å². The minimum Gasteiger partial charge on any atom is -0.474 e. The van der Waals surface area contributed by atoms with Crippen LogP contribution in [0.3, 0.4) is 0 Å². The lowest BCUT2D eigenvalue weighted by Crippen LogP contribution is -2.53. The molecule has 1 aliphatic carbocycles. The van der Waals surface area contributed by atoms with Gasteiger partial charge in [0.25, 0.3) is 0 Å². The summed E-state index contributed by atoms with van der Waals surface area (Å²) < 4.78 is 12.0. The molecule has 3 heterocycles. The lowest BCUT2D eigenvalue weighted by Gasteiger charge is -2.43. The van der Waals surface area contributed by atoms with E-state index in [0.717, 1.165) is 37.8 Å². The first kappa shape index (κ1) is 17.9. The van der Waals surface area contributed by atoms with Crippen molar-refractivity contribution in [1.82, 2.24) is 14.9 Å². The van der Waals surface area contributed by atoms with Gasteiger partial charge >= 0.3 is 0 Å². The molecule has 6 heteroatoms. The Morgan fingerprint density at radius 2 is 2.19 bits per heavy atom. The maximum atomic E-state index is 13.0. The summed E-state index contributed by atoms with van der Waals surface area (Å²) in [6, 6.07) is 9.51. The van der Waals surface area contributed by atoms with E-state index >= 15 is 0 Å². The number of methoxy groups -OCH3 is 1. The average Bonchev–Trinajstić information content (AvgIpc) is 3.09. The van der Waals surface area contributed by atoms with Crippen molar-refractivity contribution in [3.8, 4) is 5.88 Å². The number of hydrogen-bond acceptors (Lipinski definition) is 5. The molecule has 0 spiro atoms. The number of carbonyl (C=O) groups excluding carboxylic acids is 1. The van der Waals surface area contributed by atoms with E-state index in [0.29, 0.717) is 12.3 Å². The SMILES string of the molecule is CO[C@@]12CC[C@H](Oc3ccccn3)C[C@@H]1N(C(=O)Cc1cccnc1)CC2. The first-order chi connectivity index (χ1) is 13.2. The number of nitrogens with zero attached hydrogens (tertiary/aromatic N) is 3. The van der Waals surface area contributed by atoms with Crippen molar-refractivity contribution in [2.24, 2.45) is 0 Å². The van der Waals surface area contributed by atoms with Crippen LogP contribution in [-0.4, -0.2) is 52.2 Å². The maximum Gasteiger partial charge on any atom is 0.227 e. The summed E-state index contributed by atoms with van der Waals surface area (Å²) in [6.07, 6.45) is 9.07. The number of aromatic nitrogens is 2. The Labute approximate surface area is 159 Å². The minimum absolute atomic E-state index is 0.0362. The van der Waals surface area contributed by atoms with Crippen LogP contribution in [-0.2, 0) is 16.0 Å². The molecule has 6 nitrogen and oxygen atoms in total. The first-order valence-corrected chi connectivity index (χ1v) is 9.51. The van der Waals surface area contributed by atoms with Crippen molar-refractivity contribution in [1.29, 1.82) is 0 Å². The average molecular weight is 367 g/mol. The van der Waals surface area contributed by atoms with Crippen LogP contribution in [0.15, 0.2) is 48.9 Å². The monoisotopic (exact) mass is 367 g/mol. The van der Waals surface area contributed by atoms with Crippen LogP contribution in [0.25, 0.3) is 0 Å². The molecule has 0 aromatic carbocycles. The highest BCUT2D eigenvalue weighted by Crippen LogP contribution is 2.43. The lowest BCUT2D eigenvalue weighted by molar-refractivity contribution is -0.138. The molecule has 1 saturated heterocycles. The lowest BCUT2D eigenvalue weighted by atomic mass is 9.79. The van der Waals surface area contributed by atoms with E-state index in [1.807, 2.05) is 35.2 Å². The molecule has 0 radical (unpaired) electrons. The summed E-state index contributed by atoms with van der Waals surface area (Å²) in [6.45, 7) is 0.730. The third kappa shape index (κ3) is 3.67. The molecule has 3 atom stereocenters. The maximum absolute atomic E-state index is 13.0. The summed E-state index contributed by atoms with van der Waals surface area (Å²) >= 11 is 0. The van der Waals surface area contributed by atoms with E-state index in [1.54, 1.807) is 25.7 Å². The van der Waals surface area contributed by atoms with Crippen LogP contribution in [0.1, 0.15) is 31.2 Å². The number of carbonyl (C=O) groups is 1. The van der Waals surface area contributed by atoms with Crippen LogP contribution in [0, 0.1) is 0 Å². The van der Waals surface area contributed by atoms with Crippen molar-refractivity contribution in [2.75, 3.05) is 13.7 Å². The second-order valence-electron chi connectivity index (χ2n) is 7.34. The Bertz CT molecular complexity index is 771. The van der Waals surface area contributed by atoms with Crippen molar-refractivity contribution in [3.05, 3.63) is 54.5 Å². The van der Waals surface area contributed by atoms with Gasteiger partial charge in [-0.15, -0.1) is 0 Å². The predicted molar refractivity (Wildman–Crippen MR) is 100 cm³/mol. The van der Waals surface area contributed by atoms with Crippen molar-refractivity contribution >= 4 is 5.91 Å². The van der Waals surface area contributed by atoms with Crippen molar-refractivity contribution in [2.45, 2.75) is 49.9 Å². The van der Waals surface area contributed by atoms with Gasteiger partial charge in [0.15, 0.2) is 0 Å².